The number of nitrogens with one attached hydrogen (secondary N) is 2. The lowest BCUT2D eigenvalue weighted by atomic mass is 9.82. The summed E-state index contributed by atoms with van der Waals surface area (Å²) in [6.45, 7) is 4.31. The summed E-state index contributed by atoms with van der Waals surface area (Å²) in [7, 11) is 1.62. The zero-order chi connectivity index (χ0) is 12.6. The van der Waals surface area contributed by atoms with Crippen molar-refractivity contribution in [2.75, 3.05) is 20.2 Å². The first-order valence-corrected chi connectivity index (χ1v) is 6.33. The fourth-order valence-corrected chi connectivity index (χ4v) is 2.53. The Hall–Kier alpha value is -1.62. The monoisotopic (exact) mass is 246 g/mol. The van der Waals surface area contributed by atoms with Crippen LogP contribution in [0.3, 0.4) is 0 Å². The molecule has 0 radical (unpaired) electrons. The van der Waals surface area contributed by atoms with Crippen LogP contribution in [0, 0.1) is 0 Å². The fraction of sp³-hybridized carbons (Fsp3) is 0.538. The predicted molar refractivity (Wildman–Crippen MR) is 69.9 cm³/mol. The van der Waals surface area contributed by atoms with E-state index in [1.165, 1.54) is 6.42 Å². The number of H-pyrrole nitrogens is 1. The van der Waals surface area contributed by atoms with E-state index in [1.54, 1.807) is 7.11 Å². The first-order valence-electron chi connectivity index (χ1n) is 6.33. The molecule has 0 bridgehead atoms. The van der Waals surface area contributed by atoms with Gasteiger partial charge in [-0.3, -0.25) is 0 Å². The second-order valence-corrected chi connectivity index (χ2v) is 5.15. The number of hydrogen-bond donors (Lipinski definition) is 2. The standard InChI is InChI=1S/C13H18N4O/c1-13(6-3-7-14-8-13)12-15-9-4-5-10(18-2)16-11(9)17-12/h4-5,14H,3,6-8H2,1-2H3,(H,15,16,17). The number of aromatic nitrogens is 3. The topological polar surface area (TPSA) is 62.8 Å². The number of rotatable bonds is 2. The number of methoxy groups -OCH3 is 1. The van der Waals surface area contributed by atoms with Gasteiger partial charge in [0.1, 0.15) is 5.82 Å². The summed E-state index contributed by atoms with van der Waals surface area (Å²) < 4.78 is 5.12. The molecular formula is C13H18N4O. The molecule has 1 atom stereocenters. The van der Waals surface area contributed by atoms with Gasteiger partial charge in [-0.15, -0.1) is 0 Å². The van der Waals surface area contributed by atoms with Crippen molar-refractivity contribution in [1.82, 2.24) is 20.3 Å². The Morgan fingerprint density at radius 3 is 2.94 bits per heavy atom. The summed E-state index contributed by atoms with van der Waals surface area (Å²) in [5.41, 5.74) is 1.78. The van der Waals surface area contributed by atoms with Crippen LogP contribution >= 0.6 is 0 Å². The highest BCUT2D eigenvalue weighted by Gasteiger charge is 2.31. The molecule has 5 nitrogen and oxygen atoms in total. The van der Waals surface area contributed by atoms with E-state index in [0.29, 0.717) is 5.88 Å². The molecule has 1 aliphatic rings. The number of aromatic amines is 1. The highest BCUT2D eigenvalue weighted by atomic mass is 16.5. The van der Waals surface area contributed by atoms with Crippen LogP contribution in [0.25, 0.3) is 11.2 Å². The van der Waals surface area contributed by atoms with Crippen LogP contribution in [0.15, 0.2) is 12.1 Å². The number of piperidine rings is 1. The van der Waals surface area contributed by atoms with Crippen LogP contribution in [-0.4, -0.2) is 35.2 Å². The summed E-state index contributed by atoms with van der Waals surface area (Å²) in [5, 5.41) is 3.44. The van der Waals surface area contributed by atoms with Crippen LogP contribution in [0.5, 0.6) is 5.88 Å². The molecule has 0 aliphatic carbocycles. The van der Waals surface area contributed by atoms with Crippen molar-refractivity contribution < 1.29 is 4.74 Å². The van der Waals surface area contributed by atoms with Crippen LogP contribution in [0.1, 0.15) is 25.6 Å². The zero-order valence-electron chi connectivity index (χ0n) is 10.8. The van der Waals surface area contributed by atoms with Gasteiger partial charge in [-0.05, 0) is 25.5 Å². The molecule has 2 aromatic heterocycles. The van der Waals surface area contributed by atoms with Gasteiger partial charge in [0.05, 0.1) is 12.6 Å². The van der Waals surface area contributed by atoms with Gasteiger partial charge in [0.25, 0.3) is 0 Å². The third-order valence-corrected chi connectivity index (χ3v) is 3.70. The SMILES string of the molecule is COc1ccc2[nH]c(C3(C)CCCNC3)nc2n1. The highest BCUT2D eigenvalue weighted by molar-refractivity contribution is 5.71. The quantitative estimate of drug-likeness (QED) is 0.845. The van der Waals surface area contributed by atoms with Crippen molar-refractivity contribution in [3.05, 3.63) is 18.0 Å². The molecule has 0 saturated carbocycles. The van der Waals surface area contributed by atoms with Crippen molar-refractivity contribution in [2.45, 2.75) is 25.2 Å². The number of hydrogen-bond acceptors (Lipinski definition) is 4. The first kappa shape index (κ1) is 11.5. The van der Waals surface area contributed by atoms with E-state index >= 15 is 0 Å². The van der Waals surface area contributed by atoms with Crippen LogP contribution in [0.2, 0.25) is 0 Å². The zero-order valence-corrected chi connectivity index (χ0v) is 10.8. The molecule has 3 rings (SSSR count). The number of pyridine rings is 1. The molecular weight excluding hydrogens is 228 g/mol. The molecule has 0 spiro atoms. The first-order chi connectivity index (χ1) is 8.71. The minimum Gasteiger partial charge on any atom is -0.481 e. The van der Waals surface area contributed by atoms with Crippen LogP contribution < -0.4 is 10.1 Å². The maximum Gasteiger partial charge on any atom is 0.215 e. The van der Waals surface area contributed by atoms with E-state index < -0.39 is 0 Å². The van der Waals surface area contributed by atoms with Crippen molar-refractivity contribution in [2.24, 2.45) is 0 Å². The molecule has 2 N–H and O–H groups in total. The smallest absolute Gasteiger partial charge is 0.215 e. The van der Waals surface area contributed by atoms with Gasteiger partial charge in [0.2, 0.25) is 5.88 Å². The molecule has 5 heteroatoms. The molecule has 18 heavy (non-hydrogen) atoms. The van der Waals surface area contributed by atoms with Gasteiger partial charge < -0.3 is 15.0 Å². The van der Waals surface area contributed by atoms with Crippen molar-refractivity contribution in [1.29, 1.82) is 0 Å². The summed E-state index contributed by atoms with van der Waals surface area (Å²) in [6.07, 6.45) is 2.33. The summed E-state index contributed by atoms with van der Waals surface area (Å²) in [5.74, 6) is 1.62. The Kier molecular flexibility index (Phi) is 2.70. The van der Waals surface area contributed by atoms with Gasteiger partial charge in [-0.1, -0.05) is 6.92 Å². The average Bonchev–Trinajstić information content (AvgIpc) is 2.83. The fourth-order valence-electron chi connectivity index (χ4n) is 2.53. The second kappa shape index (κ2) is 4.24. The summed E-state index contributed by atoms with van der Waals surface area (Å²) in [6, 6.07) is 3.82. The van der Waals surface area contributed by atoms with Crippen LogP contribution in [0.4, 0.5) is 0 Å². The minimum atomic E-state index is 0.0756. The molecule has 2 aromatic rings. The normalized spacial score (nSPS) is 24.3. The Bertz CT molecular complexity index is 557. The molecule has 0 aromatic carbocycles. The van der Waals surface area contributed by atoms with E-state index in [0.717, 1.165) is 36.5 Å². The number of nitrogens with zero attached hydrogens (tertiary/aromatic N) is 2. The lowest BCUT2D eigenvalue weighted by molar-refractivity contribution is 0.326. The van der Waals surface area contributed by atoms with Gasteiger partial charge in [0.15, 0.2) is 5.65 Å². The average molecular weight is 246 g/mol. The second-order valence-electron chi connectivity index (χ2n) is 5.15. The van der Waals surface area contributed by atoms with E-state index in [1.807, 2.05) is 12.1 Å². The Balaban J connectivity index is 2.02. The van der Waals surface area contributed by atoms with Gasteiger partial charge in [0, 0.05) is 18.0 Å². The highest BCUT2D eigenvalue weighted by Crippen LogP contribution is 2.30. The molecule has 96 valence electrons. The summed E-state index contributed by atoms with van der Waals surface area (Å²) in [4.78, 5) is 12.4. The van der Waals surface area contributed by atoms with Gasteiger partial charge in [-0.2, -0.15) is 4.98 Å². The Morgan fingerprint density at radius 2 is 2.22 bits per heavy atom. The van der Waals surface area contributed by atoms with E-state index in [2.05, 4.69) is 27.2 Å². The maximum atomic E-state index is 5.12. The Morgan fingerprint density at radius 1 is 1.33 bits per heavy atom. The van der Waals surface area contributed by atoms with E-state index in [9.17, 15) is 0 Å². The molecule has 1 saturated heterocycles. The lowest BCUT2D eigenvalue weighted by Crippen LogP contribution is -2.41. The van der Waals surface area contributed by atoms with Gasteiger partial charge >= 0.3 is 0 Å². The number of fused-ring (bicyclic) bond motifs is 1. The molecule has 1 fully saturated rings. The van der Waals surface area contributed by atoms with Gasteiger partial charge in [-0.25, -0.2) is 4.98 Å². The third kappa shape index (κ3) is 1.84. The van der Waals surface area contributed by atoms with Crippen LogP contribution in [-0.2, 0) is 5.41 Å². The third-order valence-electron chi connectivity index (χ3n) is 3.70. The molecule has 3 heterocycles. The van der Waals surface area contributed by atoms with Crippen molar-refractivity contribution in [3.63, 3.8) is 0 Å². The van der Waals surface area contributed by atoms with E-state index in [4.69, 9.17) is 4.74 Å². The Labute approximate surface area is 106 Å². The minimum absolute atomic E-state index is 0.0756. The molecule has 1 aliphatic heterocycles. The lowest BCUT2D eigenvalue weighted by Gasteiger charge is -2.32. The number of imidazole rings is 1. The van der Waals surface area contributed by atoms with E-state index in [-0.39, 0.29) is 5.41 Å². The summed E-state index contributed by atoms with van der Waals surface area (Å²) >= 11 is 0. The number of ether oxygens (including phenoxy) is 1. The predicted octanol–water partition coefficient (Wildman–Crippen LogP) is 1.61. The largest absolute Gasteiger partial charge is 0.481 e. The molecule has 0 amide bonds. The molecule has 1 unspecified atom stereocenters. The van der Waals surface area contributed by atoms with Crippen molar-refractivity contribution in [3.8, 4) is 5.88 Å². The van der Waals surface area contributed by atoms with Crippen molar-refractivity contribution >= 4 is 11.2 Å². The maximum absolute atomic E-state index is 5.12.